The molecule has 2 aromatic rings. The average Bonchev–Trinajstić information content (AvgIpc) is 2.88. The van der Waals surface area contributed by atoms with Crippen molar-refractivity contribution in [2.24, 2.45) is 0 Å². The zero-order valence-electron chi connectivity index (χ0n) is 14.9. The Bertz CT molecular complexity index is 919. The first-order valence-electron chi connectivity index (χ1n) is 8.52. The molecule has 0 radical (unpaired) electrons. The molecule has 3 rings (SSSR count). The smallest absolute Gasteiger partial charge is 0.278 e. The summed E-state index contributed by atoms with van der Waals surface area (Å²) in [4.78, 5) is 26.7. The van der Waals surface area contributed by atoms with Gasteiger partial charge in [0.25, 0.3) is 11.8 Å². The molecule has 0 fully saturated rings. The van der Waals surface area contributed by atoms with Crippen molar-refractivity contribution < 1.29 is 18.7 Å². The summed E-state index contributed by atoms with van der Waals surface area (Å²) in [7, 11) is 0. The molecule has 2 aromatic carbocycles. The van der Waals surface area contributed by atoms with E-state index >= 15 is 0 Å². The van der Waals surface area contributed by atoms with Gasteiger partial charge >= 0.3 is 0 Å². The maximum absolute atomic E-state index is 13.5. The summed E-state index contributed by atoms with van der Waals surface area (Å²) in [6, 6.07) is 12.6. The summed E-state index contributed by atoms with van der Waals surface area (Å²) in [5, 5.41) is 2.90. The van der Waals surface area contributed by atoms with Gasteiger partial charge in [0.05, 0.1) is 12.2 Å². The van der Waals surface area contributed by atoms with Crippen molar-refractivity contribution in [2.75, 3.05) is 18.5 Å². The highest BCUT2D eigenvalue weighted by atomic mass is 19.1. The van der Waals surface area contributed by atoms with Crippen LogP contribution >= 0.6 is 0 Å². The number of anilines is 1. The molecule has 0 bridgehead atoms. The zero-order valence-corrected chi connectivity index (χ0v) is 14.9. The molecule has 0 saturated heterocycles. The third-order valence-corrected chi connectivity index (χ3v) is 4.03. The Labute approximate surface area is 156 Å². The van der Waals surface area contributed by atoms with E-state index in [1.807, 2.05) is 6.92 Å². The van der Waals surface area contributed by atoms with E-state index in [2.05, 4.69) is 11.9 Å². The van der Waals surface area contributed by atoms with Gasteiger partial charge in [-0.15, -0.1) is 6.58 Å². The summed E-state index contributed by atoms with van der Waals surface area (Å²) >= 11 is 0. The molecular weight excluding hydrogens is 347 g/mol. The van der Waals surface area contributed by atoms with Gasteiger partial charge in [-0.1, -0.05) is 24.3 Å². The second kappa shape index (κ2) is 7.86. The van der Waals surface area contributed by atoms with Gasteiger partial charge in [0.15, 0.2) is 0 Å². The first-order valence-corrected chi connectivity index (χ1v) is 8.52. The first-order chi connectivity index (χ1) is 13.0. The van der Waals surface area contributed by atoms with Gasteiger partial charge in [0.2, 0.25) is 0 Å². The van der Waals surface area contributed by atoms with Crippen molar-refractivity contribution in [1.82, 2.24) is 4.90 Å². The predicted octanol–water partition coefficient (Wildman–Crippen LogP) is 3.60. The fourth-order valence-electron chi connectivity index (χ4n) is 2.85. The van der Waals surface area contributed by atoms with Crippen LogP contribution in [0.4, 0.5) is 10.1 Å². The minimum atomic E-state index is -0.479. The summed E-state index contributed by atoms with van der Waals surface area (Å²) < 4.78 is 18.9. The molecule has 1 aliphatic heterocycles. The van der Waals surface area contributed by atoms with Crippen LogP contribution in [0.15, 0.2) is 66.9 Å². The largest absolute Gasteiger partial charge is 0.494 e. The quantitative estimate of drug-likeness (QED) is 0.601. The van der Waals surface area contributed by atoms with Crippen molar-refractivity contribution in [1.29, 1.82) is 0 Å². The summed E-state index contributed by atoms with van der Waals surface area (Å²) in [6.07, 6.45) is 1.48. The number of halogens is 1. The summed E-state index contributed by atoms with van der Waals surface area (Å²) in [6.45, 7) is 6.09. The van der Waals surface area contributed by atoms with Crippen molar-refractivity contribution in [3.63, 3.8) is 0 Å². The minimum Gasteiger partial charge on any atom is -0.494 e. The topological polar surface area (TPSA) is 58.6 Å². The highest BCUT2D eigenvalue weighted by Crippen LogP contribution is 2.31. The second-order valence-electron chi connectivity index (χ2n) is 5.85. The van der Waals surface area contributed by atoms with Crippen molar-refractivity contribution >= 4 is 23.1 Å². The van der Waals surface area contributed by atoms with Gasteiger partial charge in [-0.2, -0.15) is 0 Å². The van der Waals surface area contributed by atoms with E-state index in [0.717, 1.165) is 4.90 Å². The van der Waals surface area contributed by atoms with E-state index in [-0.39, 0.29) is 17.8 Å². The second-order valence-corrected chi connectivity index (χ2v) is 5.85. The third-order valence-electron chi connectivity index (χ3n) is 4.03. The fourth-order valence-corrected chi connectivity index (χ4v) is 2.85. The zero-order chi connectivity index (χ0) is 19.4. The number of carbonyl (C=O) groups excluding carboxylic acids is 2. The molecule has 1 N–H and O–H groups in total. The van der Waals surface area contributed by atoms with Crippen LogP contribution < -0.4 is 10.1 Å². The number of nitrogens with zero attached hydrogens (tertiary/aromatic N) is 1. The number of nitrogens with one attached hydrogen (secondary N) is 1. The van der Waals surface area contributed by atoms with Crippen LogP contribution in [0.5, 0.6) is 5.75 Å². The maximum atomic E-state index is 13.5. The molecular formula is C21H19FN2O3. The minimum absolute atomic E-state index is 0.0898. The van der Waals surface area contributed by atoms with E-state index < -0.39 is 17.6 Å². The molecule has 0 spiro atoms. The SMILES string of the molecule is C=CCN1C(=O)C(Nc2cccc(F)c2)=C(c2ccc(OCC)cc2)C1=O. The molecule has 0 saturated carbocycles. The van der Waals surface area contributed by atoms with Crippen LogP contribution in [-0.4, -0.2) is 29.9 Å². The number of amides is 2. The number of benzene rings is 2. The van der Waals surface area contributed by atoms with Crippen LogP contribution in [0.25, 0.3) is 5.57 Å². The molecule has 2 amide bonds. The van der Waals surface area contributed by atoms with Crippen molar-refractivity contribution in [3.8, 4) is 5.75 Å². The lowest BCUT2D eigenvalue weighted by Crippen LogP contribution is -2.32. The Hall–Kier alpha value is -3.41. The van der Waals surface area contributed by atoms with E-state index in [1.54, 1.807) is 30.3 Å². The highest BCUT2D eigenvalue weighted by Gasteiger charge is 2.38. The van der Waals surface area contributed by atoms with Crippen LogP contribution in [0.3, 0.4) is 0 Å². The Morgan fingerprint density at radius 3 is 2.52 bits per heavy atom. The molecule has 27 heavy (non-hydrogen) atoms. The molecule has 138 valence electrons. The Balaban J connectivity index is 2.04. The lowest BCUT2D eigenvalue weighted by atomic mass is 10.0. The van der Waals surface area contributed by atoms with E-state index in [4.69, 9.17) is 4.74 Å². The van der Waals surface area contributed by atoms with Gasteiger partial charge in [0, 0.05) is 12.2 Å². The van der Waals surface area contributed by atoms with Gasteiger partial charge in [0.1, 0.15) is 17.3 Å². The maximum Gasteiger partial charge on any atom is 0.278 e. The molecule has 0 atom stereocenters. The number of rotatable bonds is 7. The fraction of sp³-hybridized carbons (Fsp3) is 0.143. The normalized spacial score (nSPS) is 13.9. The number of hydrogen-bond donors (Lipinski definition) is 1. The summed E-state index contributed by atoms with van der Waals surface area (Å²) in [5.74, 6) is -0.680. The Morgan fingerprint density at radius 1 is 1.15 bits per heavy atom. The molecule has 1 heterocycles. The number of hydrogen-bond acceptors (Lipinski definition) is 4. The van der Waals surface area contributed by atoms with Crippen LogP contribution in [0.2, 0.25) is 0 Å². The molecule has 0 unspecified atom stereocenters. The van der Waals surface area contributed by atoms with Crippen LogP contribution in [-0.2, 0) is 9.59 Å². The van der Waals surface area contributed by atoms with Gasteiger partial charge < -0.3 is 10.1 Å². The molecule has 0 aliphatic carbocycles. The number of imide groups is 1. The third kappa shape index (κ3) is 3.74. The van der Waals surface area contributed by atoms with Gasteiger partial charge in [-0.05, 0) is 42.8 Å². The number of carbonyl (C=O) groups is 2. The van der Waals surface area contributed by atoms with Gasteiger partial charge in [-0.3, -0.25) is 14.5 Å². The van der Waals surface area contributed by atoms with Crippen LogP contribution in [0, 0.1) is 5.82 Å². The summed E-state index contributed by atoms with van der Waals surface area (Å²) in [5.41, 5.74) is 1.29. The van der Waals surface area contributed by atoms with E-state index in [9.17, 15) is 14.0 Å². The van der Waals surface area contributed by atoms with Gasteiger partial charge in [-0.25, -0.2) is 4.39 Å². The van der Waals surface area contributed by atoms with Crippen molar-refractivity contribution in [3.05, 3.63) is 78.3 Å². The molecule has 1 aliphatic rings. The highest BCUT2D eigenvalue weighted by molar-refractivity contribution is 6.36. The average molecular weight is 366 g/mol. The Kier molecular flexibility index (Phi) is 5.35. The monoisotopic (exact) mass is 366 g/mol. The van der Waals surface area contributed by atoms with Crippen LogP contribution in [0.1, 0.15) is 12.5 Å². The lowest BCUT2D eigenvalue weighted by Gasteiger charge is -2.12. The number of ether oxygens (including phenoxy) is 1. The first kappa shape index (κ1) is 18.4. The molecule has 5 nitrogen and oxygen atoms in total. The van der Waals surface area contributed by atoms with Crippen molar-refractivity contribution in [2.45, 2.75) is 6.92 Å². The molecule has 0 aromatic heterocycles. The molecule has 6 heteroatoms. The Morgan fingerprint density at radius 2 is 1.89 bits per heavy atom. The predicted molar refractivity (Wildman–Crippen MR) is 101 cm³/mol. The van der Waals surface area contributed by atoms with E-state index in [0.29, 0.717) is 23.6 Å². The lowest BCUT2D eigenvalue weighted by molar-refractivity contribution is -0.136. The van der Waals surface area contributed by atoms with E-state index in [1.165, 1.54) is 24.3 Å². The standard InChI is InChI=1S/C21H19FN2O3/c1-3-12-24-20(25)18(14-8-10-17(11-9-14)27-4-2)19(21(24)26)23-16-7-5-6-15(22)13-16/h3,5-11,13,23H,1,4,12H2,2H3.